The van der Waals surface area contributed by atoms with E-state index in [1.807, 2.05) is 32.0 Å². The van der Waals surface area contributed by atoms with E-state index in [1.54, 1.807) is 55.3 Å². The van der Waals surface area contributed by atoms with Gasteiger partial charge in [0.15, 0.2) is 5.82 Å². The number of hydrogen-bond acceptors (Lipinski definition) is 5. The van der Waals surface area contributed by atoms with Gasteiger partial charge >= 0.3 is 6.09 Å². The summed E-state index contributed by atoms with van der Waals surface area (Å²) in [6.07, 6.45) is 2.82. The molecule has 1 N–H and O–H groups in total. The van der Waals surface area contributed by atoms with Crippen molar-refractivity contribution in [3.63, 3.8) is 0 Å². The van der Waals surface area contributed by atoms with Gasteiger partial charge in [0.05, 0.1) is 24.1 Å². The maximum atomic E-state index is 12.9. The summed E-state index contributed by atoms with van der Waals surface area (Å²) in [4.78, 5) is 30.5. The smallest absolute Gasteiger partial charge is 0.413 e. The highest BCUT2D eigenvalue weighted by Gasteiger charge is 2.21. The molecule has 2 heterocycles. The average molecular weight is 407 g/mol. The molecule has 0 bridgehead atoms. The number of amides is 2. The summed E-state index contributed by atoms with van der Waals surface area (Å²) in [6.45, 7) is 6.08. The van der Waals surface area contributed by atoms with Crippen molar-refractivity contribution in [3.05, 3.63) is 66.1 Å². The lowest BCUT2D eigenvalue weighted by molar-refractivity contribution is 0.102. The normalized spacial score (nSPS) is 10.7. The molecule has 3 aromatic rings. The van der Waals surface area contributed by atoms with E-state index in [4.69, 9.17) is 4.74 Å². The quantitative estimate of drug-likeness (QED) is 0.660. The topological polar surface area (TPSA) is 89.4 Å². The Morgan fingerprint density at radius 2 is 1.90 bits per heavy atom. The van der Waals surface area contributed by atoms with Gasteiger partial charge in [-0.15, -0.1) is 0 Å². The van der Waals surface area contributed by atoms with E-state index in [2.05, 4.69) is 15.4 Å². The Morgan fingerprint density at radius 1 is 1.17 bits per heavy atom. The molecule has 156 valence electrons. The van der Waals surface area contributed by atoms with Crippen molar-refractivity contribution >= 4 is 23.4 Å². The highest BCUT2D eigenvalue weighted by atomic mass is 16.6. The number of carbonyl (C=O) groups excluding carboxylic acids is 2. The summed E-state index contributed by atoms with van der Waals surface area (Å²) in [5.74, 6) is 0.467. The van der Waals surface area contributed by atoms with Crippen LogP contribution in [0.4, 0.5) is 16.2 Å². The number of ether oxygens (including phenoxy) is 1. The van der Waals surface area contributed by atoms with Crippen molar-refractivity contribution in [3.8, 4) is 5.82 Å². The second-order valence-electron chi connectivity index (χ2n) is 6.96. The van der Waals surface area contributed by atoms with Crippen molar-refractivity contribution in [2.75, 3.05) is 23.9 Å². The van der Waals surface area contributed by atoms with Crippen LogP contribution >= 0.6 is 0 Å². The highest BCUT2D eigenvalue weighted by Crippen LogP contribution is 2.24. The lowest BCUT2D eigenvalue weighted by Gasteiger charge is -2.17. The molecule has 0 unspecified atom stereocenters. The summed E-state index contributed by atoms with van der Waals surface area (Å²) in [5, 5.41) is 7.27. The van der Waals surface area contributed by atoms with E-state index in [9.17, 15) is 9.59 Å². The van der Waals surface area contributed by atoms with E-state index in [0.717, 1.165) is 5.69 Å². The van der Waals surface area contributed by atoms with Gasteiger partial charge < -0.3 is 10.1 Å². The van der Waals surface area contributed by atoms with Crippen LogP contribution in [0.2, 0.25) is 0 Å². The maximum Gasteiger partial charge on any atom is 0.413 e. The van der Waals surface area contributed by atoms with Crippen molar-refractivity contribution in [1.82, 2.24) is 14.8 Å². The molecule has 0 saturated heterocycles. The minimum absolute atomic E-state index is 0.0656. The molecule has 8 heteroatoms. The minimum Gasteiger partial charge on any atom is -0.449 e. The lowest BCUT2D eigenvalue weighted by Crippen LogP contribution is -2.26. The number of rotatable bonds is 6. The molecule has 1 aromatic carbocycles. The van der Waals surface area contributed by atoms with Gasteiger partial charge in [-0.05, 0) is 49.2 Å². The number of benzene rings is 1. The van der Waals surface area contributed by atoms with Gasteiger partial charge in [0.2, 0.25) is 0 Å². The van der Waals surface area contributed by atoms with E-state index >= 15 is 0 Å². The molecular formula is C22H25N5O3. The second kappa shape index (κ2) is 9.21. The molecule has 0 fully saturated rings. The molecular weight excluding hydrogens is 382 g/mol. The molecule has 0 aliphatic carbocycles. The predicted octanol–water partition coefficient (Wildman–Crippen LogP) is 4.24. The fourth-order valence-corrected chi connectivity index (χ4v) is 3.04. The number of aromatic nitrogens is 3. The number of nitrogens with one attached hydrogen (secondary N) is 1. The molecule has 0 spiro atoms. The SMILES string of the molecule is CCOC(=O)N(C)c1ccc(NC(=O)c2cnn(-c3ccccn3)c2C(C)C)cc1. The predicted molar refractivity (Wildman–Crippen MR) is 115 cm³/mol. The Morgan fingerprint density at radius 3 is 2.50 bits per heavy atom. The summed E-state index contributed by atoms with van der Waals surface area (Å²) >= 11 is 0. The minimum atomic E-state index is -0.433. The number of carbonyl (C=O) groups is 2. The number of hydrogen-bond donors (Lipinski definition) is 1. The Hall–Kier alpha value is -3.68. The van der Waals surface area contributed by atoms with Crippen molar-refractivity contribution in [1.29, 1.82) is 0 Å². The highest BCUT2D eigenvalue weighted by molar-refractivity contribution is 6.05. The van der Waals surface area contributed by atoms with Gasteiger partial charge in [0.1, 0.15) is 0 Å². The van der Waals surface area contributed by atoms with Gasteiger partial charge in [-0.3, -0.25) is 9.69 Å². The van der Waals surface area contributed by atoms with Crippen LogP contribution in [0.25, 0.3) is 5.82 Å². The van der Waals surface area contributed by atoms with Crippen molar-refractivity contribution in [2.45, 2.75) is 26.7 Å². The van der Waals surface area contributed by atoms with E-state index < -0.39 is 6.09 Å². The van der Waals surface area contributed by atoms with Gasteiger partial charge in [0.25, 0.3) is 5.91 Å². The monoisotopic (exact) mass is 407 g/mol. The Labute approximate surface area is 175 Å². The molecule has 0 saturated carbocycles. The largest absolute Gasteiger partial charge is 0.449 e. The van der Waals surface area contributed by atoms with Gasteiger partial charge in [0, 0.05) is 24.6 Å². The van der Waals surface area contributed by atoms with Gasteiger partial charge in [-0.2, -0.15) is 5.10 Å². The number of nitrogens with zero attached hydrogens (tertiary/aromatic N) is 4. The first-order valence-corrected chi connectivity index (χ1v) is 9.73. The van der Waals surface area contributed by atoms with Crippen LogP contribution in [0.3, 0.4) is 0 Å². The average Bonchev–Trinajstić information content (AvgIpc) is 3.20. The Bertz CT molecular complexity index is 1010. The molecule has 3 rings (SSSR count). The fourth-order valence-electron chi connectivity index (χ4n) is 3.04. The molecule has 2 amide bonds. The van der Waals surface area contributed by atoms with Crippen LogP contribution in [-0.2, 0) is 4.74 Å². The zero-order chi connectivity index (χ0) is 21.7. The second-order valence-corrected chi connectivity index (χ2v) is 6.96. The molecule has 8 nitrogen and oxygen atoms in total. The molecule has 0 aliphatic heterocycles. The molecule has 2 aromatic heterocycles. The lowest BCUT2D eigenvalue weighted by atomic mass is 10.1. The van der Waals surface area contributed by atoms with Crippen LogP contribution in [0.5, 0.6) is 0 Å². The zero-order valence-corrected chi connectivity index (χ0v) is 17.5. The van der Waals surface area contributed by atoms with E-state index in [0.29, 0.717) is 29.4 Å². The third-order valence-electron chi connectivity index (χ3n) is 4.52. The third kappa shape index (κ3) is 4.48. The zero-order valence-electron chi connectivity index (χ0n) is 17.5. The van der Waals surface area contributed by atoms with Gasteiger partial charge in [-0.1, -0.05) is 19.9 Å². The van der Waals surface area contributed by atoms with E-state index in [-0.39, 0.29) is 11.8 Å². The van der Waals surface area contributed by atoms with Crippen molar-refractivity contribution < 1.29 is 14.3 Å². The first-order valence-electron chi connectivity index (χ1n) is 9.73. The first kappa shape index (κ1) is 21.0. The van der Waals surface area contributed by atoms with Gasteiger partial charge in [-0.25, -0.2) is 14.5 Å². The summed E-state index contributed by atoms with van der Waals surface area (Å²) in [5.41, 5.74) is 2.55. The van der Waals surface area contributed by atoms with Crippen LogP contribution in [-0.4, -0.2) is 40.4 Å². The molecule has 0 radical (unpaired) electrons. The number of anilines is 2. The number of pyridine rings is 1. The summed E-state index contributed by atoms with van der Waals surface area (Å²) in [7, 11) is 1.63. The Kier molecular flexibility index (Phi) is 6.46. The Balaban J connectivity index is 1.80. The molecule has 0 aliphatic rings. The van der Waals surface area contributed by atoms with Crippen molar-refractivity contribution in [2.24, 2.45) is 0 Å². The third-order valence-corrected chi connectivity index (χ3v) is 4.52. The van der Waals surface area contributed by atoms with Crippen LogP contribution in [0, 0.1) is 0 Å². The first-order chi connectivity index (χ1) is 14.4. The summed E-state index contributed by atoms with van der Waals surface area (Å²) < 4.78 is 6.68. The standard InChI is InChI=1S/C22H25N5O3/c1-5-30-22(29)26(4)17-11-9-16(10-12-17)25-21(28)18-14-24-27(20(18)15(2)3)19-8-6-7-13-23-19/h6-15H,5H2,1-4H3,(H,25,28). The fraction of sp³-hybridized carbons (Fsp3) is 0.273. The maximum absolute atomic E-state index is 12.9. The van der Waals surface area contributed by atoms with Crippen LogP contribution in [0.1, 0.15) is 42.7 Å². The summed E-state index contributed by atoms with van der Waals surface area (Å²) in [6, 6.07) is 12.5. The molecule has 0 atom stereocenters. The molecule has 30 heavy (non-hydrogen) atoms. The van der Waals surface area contributed by atoms with Crippen LogP contribution < -0.4 is 10.2 Å². The van der Waals surface area contributed by atoms with Crippen LogP contribution in [0.15, 0.2) is 54.9 Å². The van der Waals surface area contributed by atoms with E-state index in [1.165, 1.54) is 4.90 Å².